The van der Waals surface area contributed by atoms with Gasteiger partial charge in [0.15, 0.2) is 0 Å². The largest absolute Gasteiger partial charge is 0.348 e. The molecule has 1 aliphatic heterocycles. The van der Waals surface area contributed by atoms with E-state index in [1.54, 1.807) is 0 Å². The van der Waals surface area contributed by atoms with Crippen LogP contribution in [-0.2, 0) is 4.79 Å². The molecule has 6 rings (SSSR count). The van der Waals surface area contributed by atoms with E-state index in [-0.39, 0.29) is 0 Å². The molecule has 1 atom stereocenters. The molecular formula is C20H29N3OS. The van der Waals surface area contributed by atoms with Gasteiger partial charge in [-0.1, -0.05) is 0 Å². The average Bonchev–Trinajstić information content (AvgIpc) is 3.13. The number of piperidine rings is 1. The first kappa shape index (κ1) is 16.2. The van der Waals surface area contributed by atoms with Crippen LogP contribution in [0.5, 0.6) is 0 Å². The van der Waals surface area contributed by atoms with Crippen molar-refractivity contribution in [2.24, 2.45) is 17.8 Å². The topological polar surface area (TPSA) is 49.0 Å². The van der Waals surface area contributed by atoms with Crippen LogP contribution in [0.25, 0.3) is 0 Å². The maximum atomic E-state index is 12.9. The molecule has 1 amide bonds. The van der Waals surface area contributed by atoms with E-state index < -0.39 is 0 Å². The lowest BCUT2D eigenvalue weighted by atomic mass is 9.56. The van der Waals surface area contributed by atoms with Gasteiger partial charge >= 0.3 is 0 Å². The van der Waals surface area contributed by atoms with Crippen LogP contribution in [0.2, 0.25) is 0 Å². The summed E-state index contributed by atoms with van der Waals surface area (Å²) < 4.78 is 0.445. The van der Waals surface area contributed by atoms with E-state index in [0.29, 0.717) is 22.3 Å². The van der Waals surface area contributed by atoms with E-state index >= 15 is 0 Å². The Labute approximate surface area is 154 Å². The first-order valence-electron chi connectivity index (χ1n) is 10.1. The lowest BCUT2D eigenvalue weighted by molar-refractivity contribution is -0.129. The summed E-state index contributed by atoms with van der Waals surface area (Å²) in [6.07, 6.45) is 14.5. The Balaban J connectivity index is 1.19. The molecule has 1 saturated heterocycles. The van der Waals surface area contributed by atoms with Crippen molar-refractivity contribution in [1.82, 2.24) is 14.9 Å². The second-order valence-corrected chi connectivity index (χ2v) is 10.5. The van der Waals surface area contributed by atoms with Crippen molar-refractivity contribution in [3.05, 3.63) is 18.2 Å². The predicted octanol–water partition coefficient (Wildman–Crippen LogP) is 3.82. The van der Waals surface area contributed by atoms with E-state index in [2.05, 4.69) is 14.9 Å². The number of carbonyl (C=O) groups is 1. The first-order valence-corrected chi connectivity index (χ1v) is 11.1. The zero-order valence-electron chi connectivity index (χ0n) is 15.0. The Bertz CT molecular complexity index is 594. The molecule has 5 aliphatic rings. The Morgan fingerprint density at radius 2 is 1.96 bits per heavy atom. The molecule has 1 aromatic heterocycles. The number of amides is 1. The second kappa shape index (κ2) is 6.33. The van der Waals surface area contributed by atoms with Gasteiger partial charge in [-0.15, -0.1) is 11.8 Å². The molecule has 0 radical (unpaired) electrons. The molecule has 4 bridgehead atoms. The van der Waals surface area contributed by atoms with E-state index in [0.717, 1.165) is 49.5 Å². The van der Waals surface area contributed by atoms with E-state index in [9.17, 15) is 4.79 Å². The van der Waals surface area contributed by atoms with Crippen LogP contribution in [0, 0.1) is 17.8 Å². The summed E-state index contributed by atoms with van der Waals surface area (Å²) in [6.45, 7) is 1.77. The van der Waals surface area contributed by atoms with Gasteiger partial charge in [-0.3, -0.25) is 4.79 Å². The highest BCUT2D eigenvalue weighted by Crippen LogP contribution is 2.60. The monoisotopic (exact) mass is 359 g/mol. The maximum Gasteiger partial charge on any atom is 0.232 e. The van der Waals surface area contributed by atoms with Crippen LogP contribution in [-0.4, -0.2) is 44.4 Å². The number of aromatic nitrogens is 2. The van der Waals surface area contributed by atoms with Crippen molar-refractivity contribution in [2.45, 2.75) is 62.0 Å². The number of thioether (sulfide) groups is 1. The lowest BCUT2D eigenvalue weighted by Gasteiger charge is -2.56. The normalized spacial score (nSPS) is 39.8. The van der Waals surface area contributed by atoms with Gasteiger partial charge in [-0.05, 0) is 69.1 Å². The highest BCUT2D eigenvalue weighted by Gasteiger charge is 2.51. The van der Waals surface area contributed by atoms with Gasteiger partial charge in [0.05, 0.1) is 5.75 Å². The number of rotatable bonds is 4. The highest BCUT2D eigenvalue weighted by molar-refractivity contribution is 8.01. The fraction of sp³-hybridized carbons (Fsp3) is 0.800. The standard InChI is InChI=1S/C20H29N3OS/c24-18(23-5-1-2-17(12-23)19-21-3-4-22-19)13-25-20-9-14-6-15(10-20)8-16(7-14)11-20/h3-4,14-17H,1-2,5-13H2,(H,21,22)/t14?,15?,16?,17-,20?/m1/s1. The summed E-state index contributed by atoms with van der Waals surface area (Å²) in [7, 11) is 0. The van der Waals surface area contributed by atoms with Crippen molar-refractivity contribution >= 4 is 17.7 Å². The van der Waals surface area contributed by atoms with Gasteiger partial charge < -0.3 is 9.88 Å². The van der Waals surface area contributed by atoms with Crippen molar-refractivity contribution in [2.75, 3.05) is 18.8 Å². The number of carbonyl (C=O) groups excluding carboxylic acids is 1. The molecule has 1 N–H and O–H groups in total. The zero-order valence-corrected chi connectivity index (χ0v) is 15.8. The van der Waals surface area contributed by atoms with Crippen molar-refractivity contribution in [1.29, 1.82) is 0 Å². The molecule has 0 spiro atoms. The van der Waals surface area contributed by atoms with Gasteiger partial charge in [0.1, 0.15) is 5.82 Å². The van der Waals surface area contributed by atoms with Crippen LogP contribution < -0.4 is 0 Å². The number of hydrogen-bond acceptors (Lipinski definition) is 3. The van der Waals surface area contributed by atoms with Crippen LogP contribution >= 0.6 is 11.8 Å². The molecule has 4 aliphatic carbocycles. The smallest absolute Gasteiger partial charge is 0.232 e. The van der Waals surface area contributed by atoms with Crippen molar-refractivity contribution < 1.29 is 4.79 Å². The summed E-state index contributed by atoms with van der Waals surface area (Å²) in [5.41, 5.74) is 0. The number of likely N-dealkylation sites (tertiary alicyclic amines) is 1. The molecule has 5 heteroatoms. The number of imidazole rings is 1. The molecule has 0 aromatic carbocycles. The van der Waals surface area contributed by atoms with Gasteiger partial charge in [-0.25, -0.2) is 4.98 Å². The zero-order chi connectivity index (χ0) is 16.9. The number of aromatic amines is 1. The van der Waals surface area contributed by atoms with Crippen LogP contribution in [0.3, 0.4) is 0 Å². The first-order chi connectivity index (χ1) is 12.2. The Morgan fingerprint density at radius 1 is 1.24 bits per heavy atom. The molecular weight excluding hydrogens is 330 g/mol. The van der Waals surface area contributed by atoms with E-state index in [1.807, 2.05) is 24.2 Å². The maximum absolute atomic E-state index is 12.9. The van der Waals surface area contributed by atoms with Crippen LogP contribution in [0.15, 0.2) is 12.4 Å². The molecule has 1 aromatic rings. The fourth-order valence-electron chi connectivity index (χ4n) is 6.44. The van der Waals surface area contributed by atoms with E-state index in [1.165, 1.54) is 38.5 Å². The SMILES string of the molecule is O=C(CSC12CC3CC(CC(C3)C1)C2)N1CCC[C@@H](c2ncc[nH]2)C1. The molecule has 2 heterocycles. The Hall–Kier alpha value is -0.970. The molecule has 136 valence electrons. The Morgan fingerprint density at radius 3 is 2.60 bits per heavy atom. The van der Waals surface area contributed by atoms with Crippen molar-refractivity contribution in [3.63, 3.8) is 0 Å². The summed E-state index contributed by atoms with van der Waals surface area (Å²) in [5, 5.41) is 0. The third kappa shape index (κ3) is 3.13. The fourth-order valence-corrected chi connectivity index (χ4v) is 8.11. The number of nitrogens with zero attached hydrogens (tertiary/aromatic N) is 2. The Kier molecular flexibility index (Phi) is 4.11. The van der Waals surface area contributed by atoms with Crippen molar-refractivity contribution in [3.8, 4) is 0 Å². The molecule has 0 unspecified atom stereocenters. The van der Waals surface area contributed by atoms with Gasteiger partial charge in [-0.2, -0.15) is 0 Å². The average molecular weight is 360 g/mol. The third-order valence-corrected chi connectivity index (χ3v) is 8.67. The quantitative estimate of drug-likeness (QED) is 0.889. The summed E-state index contributed by atoms with van der Waals surface area (Å²) in [6, 6.07) is 0. The second-order valence-electron chi connectivity index (χ2n) is 9.04. The number of hydrogen-bond donors (Lipinski definition) is 1. The summed E-state index contributed by atoms with van der Waals surface area (Å²) in [5.74, 6) is 5.38. The number of H-pyrrole nitrogens is 1. The molecule has 4 nitrogen and oxygen atoms in total. The summed E-state index contributed by atoms with van der Waals surface area (Å²) >= 11 is 2.02. The highest BCUT2D eigenvalue weighted by atomic mass is 32.2. The predicted molar refractivity (Wildman–Crippen MR) is 101 cm³/mol. The molecule has 25 heavy (non-hydrogen) atoms. The minimum absolute atomic E-state index is 0.358. The van der Waals surface area contributed by atoms with Gasteiger partial charge in [0.2, 0.25) is 5.91 Å². The minimum Gasteiger partial charge on any atom is -0.348 e. The molecule has 5 fully saturated rings. The van der Waals surface area contributed by atoms with E-state index in [4.69, 9.17) is 0 Å². The summed E-state index contributed by atoms with van der Waals surface area (Å²) in [4.78, 5) is 22.6. The lowest BCUT2D eigenvalue weighted by Crippen LogP contribution is -2.49. The van der Waals surface area contributed by atoms with Crippen LogP contribution in [0.1, 0.15) is 63.1 Å². The van der Waals surface area contributed by atoms with Crippen LogP contribution in [0.4, 0.5) is 0 Å². The minimum atomic E-state index is 0.358. The van der Waals surface area contributed by atoms with Gasteiger partial charge in [0.25, 0.3) is 0 Å². The van der Waals surface area contributed by atoms with Gasteiger partial charge in [0, 0.05) is 36.1 Å². The molecule has 4 saturated carbocycles. The third-order valence-electron chi connectivity index (χ3n) is 7.16. The number of nitrogens with one attached hydrogen (secondary N) is 1.